The number of nitrogen functional groups attached to an aromatic ring is 2. The average molecular weight is 509 g/mol. The summed E-state index contributed by atoms with van der Waals surface area (Å²) < 4.78 is 6.85. The summed E-state index contributed by atoms with van der Waals surface area (Å²) in [5, 5.41) is 0. The van der Waals surface area contributed by atoms with E-state index in [1.807, 2.05) is 18.2 Å². The van der Waals surface area contributed by atoms with Crippen LogP contribution in [0.1, 0.15) is 117 Å². The van der Waals surface area contributed by atoms with E-state index >= 15 is 0 Å². The normalized spacial score (nSPS) is 40.2. The molecule has 2 unspecified atom stereocenters. The van der Waals surface area contributed by atoms with Crippen molar-refractivity contribution in [3.05, 3.63) is 23.8 Å². The van der Waals surface area contributed by atoms with Gasteiger partial charge >= 0.3 is 0 Å². The summed E-state index contributed by atoms with van der Waals surface area (Å²) in [5.41, 5.74) is 15.7. The lowest BCUT2D eigenvalue weighted by Gasteiger charge is -2.62. The first-order chi connectivity index (χ1) is 17.6. The molecule has 208 valence electrons. The van der Waals surface area contributed by atoms with Gasteiger partial charge in [0.05, 0.1) is 12.7 Å². The van der Waals surface area contributed by atoms with E-state index in [4.69, 9.17) is 16.2 Å². The van der Waals surface area contributed by atoms with Gasteiger partial charge in [0, 0.05) is 11.4 Å². The molecule has 4 aliphatic carbocycles. The zero-order valence-electron chi connectivity index (χ0n) is 24.6. The fourth-order valence-corrected chi connectivity index (χ4v) is 10.6. The lowest BCUT2D eigenvalue weighted by atomic mass is 9.44. The zero-order valence-corrected chi connectivity index (χ0v) is 24.6. The molecule has 0 saturated heterocycles. The lowest BCUT2D eigenvalue weighted by Crippen LogP contribution is -2.58. The molecule has 1 aromatic rings. The number of ether oxygens (including phenoxy) is 1. The van der Waals surface area contributed by atoms with Crippen molar-refractivity contribution in [3.8, 4) is 0 Å². The van der Waals surface area contributed by atoms with Crippen LogP contribution in [0.4, 0.5) is 11.4 Å². The van der Waals surface area contributed by atoms with E-state index < -0.39 is 0 Å². The molecule has 0 aromatic heterocycles. The van der Waals surface area contributed by atoms with Gasteiger partial charge in [0.15, 0.2) is 0 Å². The molecule has 0 radical (unpaired) electrons. The highest BCUT2D eigenvalue weighted by Gasteiger charge is 2.62. The summed E-state index contributed by atoms with van der Waals surface area (Å²) in [6.07, 6.45) is 17.3. The standard InChI is InChI=1S/C34H56N2O/c1-22(2)8-6-9-23(3)29-14-15-30-28-13-12-25-10-7-11-32(34(25,5)31(28)16-17-33(29,30)4)37-21-24-18-26(35)20-27(36)19-24/h18-20,22-23,25,28-32H,6-17,21,35-36H2,1-5H3/t23-,25?,28+,29-,30+,31+,32?,33-,34+/m1/s1. The lowest BCUT2D eigenvalue weighted by molar-refractivity contribution is -0.184. The third-order valence-corrected chi connectivity index (χ3v) is 12.4. The highest BCUT2D eigenvalue weighted by Crippen LogP contribution is 2.68. The molecule has 4 N–H and O–H groups in total. The quantitative estimate of drug-likeness (QED) is 0.345. The highest BCUT2D eigenvalue weighted by molar-refractivity contribution is 5.54. The van der Waals surface area contributed by atoms with Crippen LogP contribution >= 0.6 is 0 Å². The molecular formula is C34H56N2O. The Morgan fingerprint density at radius 2 is 1.62 bits per heavy atom. The van der Waals surface area contributed by atoms with Gasteiger partial charge in [0.1, 0.15) is 0 Å². The van der Waals surface area contributed by atoms with Gasteiger partial charge in [0.25, 0.3) is 0 Å². The second-order valence-electron chi connectivity index (χ2n) is 14.8. The summed E-state index contributed by atoms with van der Waals surface area (Å²) in [4.78, 5) is 0. The van der Waals surface area contributed by atoms with Crippen molar-refractivity contribution in [1.29, 1.82) is 0 Å². The van der Waals surface area contributed by atoms with E-state index in [0.29, 0.717) is 23.5 Å². The fourth-order valence-electron chi connectivity index (χ4n) is 10.6. The first kappa shape index (κ1) is 27.4. The number of hydrogen-bond donors (Lipinski definition) is 2. The van der Waals surface area contributed by atoms with Crippen molar-refractivity contribution in [3.63, 3.8) is 0 Å². The molecule has 4 saturated carbocycles. The van der Waals surface area contributed by atoms with Crippen LogP contribution in [0.5, 0.6) is 0 Å². The largest absolute Gasteiger partial charge is 0.399 e. The summed E-state index contributed by atoms with van der Waals surface area (Å²) in [7, 11) is 0. The molecule has 0 amide bonds. The molecule has 1 aromatic carbocycles. The summed E-state index contributed by atoms with van der Waals surface area (Å²) in [6, 6.07) is 5.91. The Morgan fingerprint density at radius 1 is 0.865 bits per heavy atom. The molecule has 0 aliphatic heterocycles. The number of fused-ring (bicyclic) bond motifs is 5. The third kappa shape index (κ3) is 5.08. The second kappa shape index (κ2) is 10.7. The minimum atomic E-state index is 0.315. The molecule has 3 heteroatoms. The first-order valence-electron chi connectivity index (χ1n) is 15.9. The number of benzene rings is 1. The molecule has 0 bridgehead atoms. The fraction of sp³-hybridized carbons (Fsp3) is 0.824. The van der Waals surface area contributed by atoms with Crippen LogP contribution in [0.25, 0.3) is 0 Å². The number of rotatable bonds is 8. The Bertz CT molecular complexity index is 908. The Kier molecular flexibility index (Phi) is 7.94. The van der Waals surface area contributed by atoms with Crippen LogP contribution in [0.3, 0.4) is 0 Å². The summed E-state index contributed by atoms with van der Waals surface area (Å²) in [6.45, 7) is 13.4. The summed E-state index contributed by atoms with van der Waals surface area (Å²) in [5.74, 6) is 6.15. The van der Waals surface area contributed by atoms with E-state index in [9.17, 15) is 0 Å². The first-order valence-corrected chi connectivity index (χ1v) is 15.9. The monoisotopic (exact) mass is 508 g/mol. The number of nitrogens with two attached hydrogens (primary N) is 2. The Labute approximate surface area is 227 Å². The maximum absolute atomic E-state index is 6.85. The van der Waals surface area contributed by atoms with Gasteiger partial charge in [0.2, 0.25) is 0 Å². The molecule has 3 nitrogen and oxygen atoms in total. The number of hydrogen-bond acceptors (Lipinski definition) is 3. The van der Waals surface area contributed by atoms with Gasteiger partial charge < -0.3 is 16.2 Å². The number of anilines is 2. The average Bonchev–Trinajstić information content (AvgIpc) is 3.19. The predicted octanol–water partition coefficient (Wildman–Crippen LogP) is 8.86. The van der Waals surface area contributed by atoms with Gasteiger partial charge in [-0.3, -0.25) is 0 Å². The zero-order chi connectivity index (χ0) is 26.4. The van der Waals surface area contributed by atoms with Crippen molar-refractivity contribution >= 4 is 11.4 Å². The van der Waals surface area contributed by atoms with E-state index in [-0.39, 0.29) is 0 Å². The minimum Gasteiger partial charge on any atom is -0.399 e. The third-order valence-electron chi connectivity index (χ3n) is 12.4. The van der Waals surface area contributed by atoms with Crippen molar-refractivity contribution < 1.29 is 4.74 Å². The molecular weight excluding hydrogens is 452 g/mol. The van der Waals surface area contributed by atoms with Crippen molar-refractivity contribution in [2.75, 3.05) is 11.5 Å². The van der Waals surface area contributed by atoms with Crippen LogP contribution in [-0.2, 0) is 11.3 Å². The molecule has 0 heterocycles. The Hall–Kier alpha value is -1.22. The summed E-state index contributed by atoms with van der Waals surface area (Å²) >= 11 is 0. The van der Waals surface area contributed by atoms with E-state index in [2.05, 4.69) is 34.6 Å². The van der Waals surface area contributed by atoms with E-state index in [1.54, 1.807) is 0 Å². The molecule has 0 spiro atoms. The second-order valence-corrected chi connectivity index (χ2v) is 14.8. The van der Waals surface area contributed by atoms with E-state index in [0.717, 1.165) is 58.4 Å². The van der Waals surface area contributed by atoms with Crippen LogP contribution < -0.4 is 11.5 Å². The van der Waals surface area contributed by atoms with Gasteiger partial charge in [-0.05, 0) is 127 Å². The predicted molar refractivity (Wildman–Crippen MR) is 157 cm³/mol. The Balaban J connectivity index is 1.31. The van der Waals surface area contributed by atoms with Gasteiger partial charge in [-0.15, -0.1) is 0 Å². The topological polar surface area (TPSA) is 61.3 Å². The van der Waals surface area contributed by atoms with E-state index in [1.165, 1.54) is 77.0 Å². The molecule has 37 heavy (non-hydrogen) atoms. The van der Waals surface area contributed by atoms with Crippen molar-refractivity contribution in [2.24, 2.45) is 52.3 Å². The van der Waals surface area contributed by atoms with Gasteiger partial charge in [-0.2, -0.15) is 0 Å². The molecule has 5 rings (SSSR count). The maximum Gasteiger partial charge on any atom is 0.0722 e. The van der Waals surface area contributed by atoms with Crippen LogP contribution in [0.2, 0.25) is 0 Å². The maximum atomic E-state index is 6.85. The minimum absolute atomic E-state index is 0.315. The van der Waals surface area contributed by atoms with Gasteiger partial charge in [-0.25, -0.2) is 0 Å². The SMILES string of the molecule is CC(C)CCC[C@@H](C)[C@H]1CC[C@H]2[C@@H]3CCC4CCCC(OCc5cc(N)cc(N)c5)[C@]4(C)[C@H]3CC[C@]12C. The molecule has 9 atom stereocenters. The van der Waals surface area contributed by atoms with Crippen molar-refractivity contribution in [2.45, 2.75) is 124 Å². The van der Waals surface area contributed by atoms with Crippen LogP contribution in [0, 0.1) is 52.3 Å². The smallest absolute Gasteiger partial charge is 0.0722 e. The molecule has 4 aliphatic rings. The van der Waals surface area contributed by atoms with Crippen molar-refractivity contribution in [1.82, 2.24) is 0 Å². The molecule has 4 fully saturated rings. The Morgan fingerprint density at radius 3 is 2.35 bits per heavy atom. The van der Waals surface area contributed by atoms with Crippen LogP contribution in [-0.4, -0.2) is 6.10 Å². The highest BCUT2D eigenvalue weighted by atomic mass is 16.5. The van der Waals surface area contributed by atoms with Gasteiger partial charge in [-0.1, -0.05) is 60.3 Å². The van der Waals surface area contributed by atoms with Crippen LogP contribution in [0.15, 0.2) is 18.2 Å².